The van der Waals surface area contributed by atoms with Crippen LogP contribution in [0, 0.1) is 0 Å². The molecule has 1 heterocycles. The summed E-state index contributed by atoms with van der Waals surface area (Å²) in [7, 11) is 4.54. The number of methoxy groups -OCH3 is 2. The minimum Gasteiger partial charge on any atom is -0.496 e. The summed E-state index contributed by atoms with van der Waals surface area (Å²) in [6, 6.07) is 19.8. The van der Waals surface area contributed by atoms with Gasteiger partial charge in [-0.2, -0.15) is 0 Å². The average molecular weight is 505 g/mol. The number of fused-ring (bicyclic) bond motifs is 1. The molecule has 0 aliphatic carbocycles. The standard InChI is InChI=1S/C28H28N2O5S/c1-29(2)36(32,33)22-13-10-19(11-14-22)26(31)15-12-21-16-23(28(35-5)18-27(21)34-4)25-17-20-8-6-7-9-24(20)30(25)3/h6-18H,1-5H3/b15-12+. The van der Waals surface area contributed by atoms with E-state index in [1.54, 1.807) is 26.4 Å². The molecule has 0 saturated heterocycles. The normalized spacial score (nSPS) is 11.9. The van der Waals surface area contributed by atoms with Gasteiger partial charge in [-0.3, -0.25) is 4.79 Å². The third-order valence-electron chi connectivity index (χ3n) is 6.11. The summed E-state index contributed by atoms with van der Waals surface area (Å²) in [5.41, 5.74) is 4.01. The van der Waals surface area contributed by atoms with E-state index in [9.17, 15) is 13.2 Å². The van der Waals surface area contributed by atoms with Crippen molar-refractivity contribution >= 4 is 32.8 Å². The van der Waals surface area contributed by atoms with Gasteiger partial charge in [0.1, 0.15) is 11.5 Å². The van der Waals surface area contributed by atoms with Crippen LogP contribution in [0.25, 0.3) is 28.2 Å². The largest absolute Gasteiger partial charge is 0.496 e. The van der Waals surface area contributed by atoms with Gasteiger partial charge in [-0.05, 0) is 54.6 Å². The third-order valence-corrected chi connectivity index (χ3v) is 7.94. The molecule has 0 fully saturated rings. The van der Waals surface area contributed by atoms with Crippen molar-refractivity contribution in [2.24, 2.45) is 7.05 Å². The van der Waals surface area contributed by atoms with Crippen molar-refractivity contribution in [2.45, 2.75) is 4.90 Å². The molecule has 0 aliphatic rings. The molecular weight excluding hydrogens is 476 g/mol. The highest BCUT2D eigenvalue weighted by Crippen LogP contribution is 2.38. The molecule has 4 aromatic rings. The van der Waals surface area contributed by atoms with Crippen molar-refractivity contribution in [3.05, 3.63) is 83.9 Å². The van der Waals surface area contributed by atoms with Gasteiger partial charge in [-0.25, -0.2) is 12.7 Å². The van der Waals surface area contributed by atoms with Crippen molar-refractivity contribution in [3.63, 3.8) is 0 Å². The first kappa shape index (κ1) is 25.2. The lowest BCUT2D eigenvalue weighted by Crippen LogP contribution is -2.22. The van der Waals surface area contributed by atoms with Crippen molar-refractivity contribution in [3.8, 4) is 22.8 Å². The summed E-state index contributed by atoms with van der Waals surface area (Å²) < 4.78 is 39.0. The zero-order valence-corrected chi connectivity index (χ0v) is 21.7. The van der Waals surface area contributed by atoms with Gasteiger partial charge in [0, 0.05) is 54.8 Å². The number of nitrogens with zero attached hydrogens (tertiary/aromatic N) is 2. The molecule has 0 N–H and O–H groups in total. The van der Waals surface area contributed by atoms with E-state index in [0.717, 1.165) is 26.5 Å². The molecule has 0 aliphatic heterocycles. The van der Waals surface area contributed by atoms with Crippen LogP contribution in [0.5, 0.6) is 11.5 Å². The molecule has 0 spiro atoms. The molecule has 7 nitrogen and oxygen atoms in total. The molecule has 0 bridgehead atoms. The van der Waals surface area contributed by atoms with Crippen molar-refractivity contribution < 1.29 is 22.7 Å². The Kier molecular flexibility index (Phi) is 7.01. The highest BCUT2D eigenvalue weighted by Gasteiger charge is 2.18. The molecule has 36 heavy (non-hydrogen) atoms. The zero-order valence-electron chi connectivity index (χ0n) is 20.8. The molecule has 4 rings (SSSR count). The molecule has 186 valence electrons. The van der Waals surface area contributed by atoms with Gasteiger partial charge in [0.2, 0.25) is 10.0 Å². The van der Waals surface area contributed by atoms with Crippen LogP contribution in [0.3, 0.4) is 0 Å². The fraction of sp³-hybridized carbons (Fsp3) is 0.179. The molecule has 0 atom stereocenters. The fourth-order valence-corrected chi connectivity index (χ4v) is 4.97. The second kappa shape index (κ2) is 10.0. The molecule has 0 saturated carbocycles. The fourth-order valence-electron chi connectivity index (χ4n) is 4.07. The molecular formula is C28H28N2O5S. The predicted molar refractivity (Wildman–Crippen MR) is 142 cm³/mol. The van der Waals surface area contributed by atoms with Crippen molar-refractivity contribution in [1.29, 1.82) is 0 Å². The van der Waals surface area contributed by atoms with Crippen LogP contribution in [0.1, 0.15) is 15.9 Å². The number of benzene rings is 3. The van der Waals surface area contributed by atoms with Gasteiger partial charge in [0.05, 0.1) is 24.8 Å². The van der Waals surface area contributed by atoms with Crippen LogP contribution >= 0.6 is 0 Å². The molecule has 0 radical (unpaired) electrons. The lowest BCUT2D eigenvalue weighted by molar-refractivity contribution is 0.104. The monoisotopic (exact) mass is 504 g/mol. The van der Waals surface area contributed by atoms with Gasteiger partial charge in [-0.15, -0.1) is 0 Å². The second-order valence-corrected chi connectivity index (χ2v) is 10.6. The molecule has 0 amide bonds. The maximum atomic E-state index is 12.8. The Labute approximate surface area is 211 Å². The number of para-hydroxylation sites is 1. The zero-order chi connectivity index (χ0) is 26.0. The number of ketones is 1. The van der Waals surface area contributed by atoms with E-state index in [1.165, 1.54) is 44.4 Å². The van der Waals surface area contributed by atoms with E-state index >= 15 is 0 Å². The van der Waals surface area contributed by atoms with Crippen molar-refractivity contribution in [2.75, 3.05) is 28.3 Å². The summed E-state index contributed by atoms with van der Waals surface area (Å²) in [4.78, 5) is 13.0. The summed E-state index contributed by atoms with van der Waals surface area (Å²) >= 11 is 0. The quantitative estimate of drug-likeness (QED) is 0.249. The van der Waals surface area contributed by atoms with Crippen molar-refractivity contribution in [1.82, 2.24) is 8.87 Å². The molecule has 8 heteroatoms. The molecule has 0 unspecified atom stereocenters. The van der Waals surface area contributed by atoms with Crippen LogP contribution in [0.15, 0.2) is 77.7 Å². The predicted octanol–water partition coefficient (Wildman–Crippen LogP) is 5.01. The Morgan fingerprint density at radius 2 is 1.58 bits per heavy atom. The first-order valence-electron chi connectivity index (χ1n) is 11.2. The minimum atomic E-state index is -3.56. The summed E-state index contributed by atoms with van der Waals surface area (Å²) in [5.74, 6) is 0.956. The first-order chi connectivity index (χ1) is 17.2. The SMILES string of the molecule is COc1cc(OC)c(-c2cc3ccccc3n2C)cc1/C=C/C(=O)c1ccc(S(=O)(=O)N(C)C)cc1. The van der Waals surface area contributed by atoms with Crippen LogP contribution in [0.4, 0.5) is 0 Å². The Balaban J connectivity index is 1.70. The second-order valence-electron chi connectivity index (χ2n) is 8.45. The van der Waals surface area contributed by atoms with E-state index in [2.05, 4.69) is 22.8 Å². The topological polar surface area (TPSA) is 77.8 Å². The number of carbonyl (C=O) groups is 1. The number of aryl methyl sites for hydroxylation is 1. The van der Waals surface area contributed by atoms with Crippen LogP contribution in [-0.4, -0.2) is 51.4 Å². The number of rotatable bonds is 8. The Morgan fingerprint density at radius 1 is 0.917 bits per heavy atom. The minimum absolute atomic E-state index is 0.129. The van der Waals surface area contributed by atoms with E-state index in [-0.39, 0.29) is 10.7 Å². The lowest BCUT2D eigenvalue weighted by atomic mass is 10.0. The lowest BCUT2D eigenvalue weighted by Gasteiger charge is -2.14. The Hall–Kier alpha value is -3.88. The third kappa shape index (κ3) is 4.65. The van der Waals surface area contributed by atoms with Crippen LogP contribution in [0.2, 0.25) is 0 Å². The number of aromatic nitrogens is 1. The van der Waals surface area contributed by atoms with E-state index in [4.69, 9.17) is 9.47 Å². The smallest absolute Gasteiger partial charge is 0.242 e. The average Bonchev–Trinajstić information content (AvgIpc) is 3.22. The van der Waals surface area contributed by atoms with Crippen LogP contribution < -0.4 is 9.47 Å². The summed E-state index contributed by atoms with van der Waals surface area (Å²) in [6.45, 7) is 0. The van der Waals surface area contributed by atoms with Gasteiger partial charge >= 0.3 is 0 Å². The summed E-state index contributed by atoms with van der Waals surface area (Å²) in [5, 5.41) is 1.11. The van der Waals surface area contributed by atoms with E-state index < -0.39 is 10.0 Å². The maximum Gasteiger partial charge on any atom is 0.242 e. The van der Waals surface area contributed by atoms with Gasteiger partial charge in [-0.1, -0.05) is 18.2 Å². The number of carbonyl (C=O) groups excluding carboxylic acids is 1. The number of allylic oxidation sites excluding steroid dienone is 1. The van der Waals surface area contributed by atoms with Gasteiger partial charge < -0.3 is 14.0 Å². The van der Waals surface area contributed by atoms with Gasteiger partial charge in [0.15, 0.2) is 5.78 Å². The van der Waals surface area contributed by atoms with Gasteiger partial charge in [0.25, 0.3) is 0 Å². The van der Waals surface area contributed by atoms with E-state index in [1.807, 2.05) is 25.2 Å². The number of sulfonamides is 1. The number of hydrogen-bond donors (Lipinski definition) is 0. The maximum absolute atomic E-state index is 12.8. The Bertz CT molecular complexity index is 1570. The molecule has 3 aromatic carbocycles. The highest BCUT2D eigenvalue weighted by atomic mass is 32.2. The number of ether oxygens (including phenoxy) is 2. The number of hydrogen-bond acceptors (Lipinski definition) is 5. The summed E-state index contributed by atoms with van der Waals surface area (Å²) in [6.07, 6.45) is 3.14. The molecule has 1 aromatic heterocycles. The van der Waals surface area contributed by atoms with E-state index in [0.29, 0.717) is 22.6 Å². The first-order valence-corrected chi connectivity index (χ1v) is 12.7. The Morgan fingerprint density at radius 3 is 2.19 bits per heavy atom. The van der Waals surface area contributed by atoms with Crippen LogP contribution in [-0.2, 0) is 17.1 Å². The highest BCUT2D eigenvalue weighted by molar-refractivity contribution is 7.89.